The zero-order chi connectivity index (χ0) is 23.5. The van der Waals surface area contributed by atoms with Crippen LogP contribution in [0.3, 0.4) is 0 Å². The molecule has 5 rings (SSSR count). The van der Waals surface area contributed by atoms with Gasteiger partial charge in [0.2, 0.25) is 0 Å². The van der Waals surface area contributed by atoms with Crippen molar-refractivity contribution >= 4 is 46.3 Å². The predicted octanol–water partition coefficient (Wildman–Crippen LogP) is 6.71. The molecule has 5 nitrogen and oxygen atoms in total. The van der Waals surface area contributed by atoms with Gasteiger partial charge in [0.1, 0.15) is 10.8 Å². The van der Waals surface area contributed by atoms with Gasteiger partial charge in [-0.3, -0.25) is 14.5 Å². The van der Waals surface area contributed by atoms with E-state index >= 15 is 0 Å². The number of nitrogens with one attached hydrogen (secondary N) is 1. The molecule has 34 heavy (non-hydrogen) atoms. The lowest BCUT2D eigenvalue weighted by Crippen LogP contribution is -2.13. The van der Waals surface area contributed by atoms with Crippen LogP contribution in [-0.2, 0) is 7.05 Å². The number of hydrogen-bond acceptors (Lipinski definition) is 3. The minimum atomic E-state index is -0.210. The van der Waals surface area contributed by atoms with E-state index in [1.165, 1.54) is 0 Å². The number of rotatable bonds is 5. The number of carbonyl (C=O) groups is 1. The highest BCUT2D eigenvalue weighted by atomic mass is 35.5. The molecule has 3 aromatic carbocycles. The van der Waals surface area contributed by atoms with Gasteiger partial charge in [-0.2, -0.15) is 5.10 Å². The van der Waals surface area contributed by atoms with Gasteiger partial charge in [-0.15, -0.1) is 0 Å². The number of hydrogen-bond donors (Lipinski definition) is 1. The number of nitrogens with zero attached hydrogens (tertiary/aromatic N) is 3. The first-order chi connectivity index (χ1) is 16.6. The minimum Gasteiger partial charge on any atom is -0.321 e. The Morgan fingerprint density at radius 2 is 1.68 bits per heavy atom. The number of aryl methyl sites for hydroxylation is 1. The van der Waals surface area contributed by atoms with Gasteiger partial charge in [0, 0.05) is 29.1 Å². The molecule has 0 aliphatic heterocycles. The van der Waals surface area contributed by atoms with Gasteiger partial charge < -0.3 is 5.32 Å². The summed E-state index contributed by atoms with van der Waals surface area (Å²) in [5.74, 6) is -0.210. The van der Waals surface area contributed by atoms with E-state index in [9.17, 15) is 4.79 Å². The summed E-state index contributed by atoms with van der Waals surface area (Å²) in [5, 5.41) is 9.03. The Labute approximate surface area is 202 Å². The Balaban J connectivity index is 1.45. The maximum Gasteiger partial charge on any atom is 0.256 e. The highest BCUT2D eigenvalue weighted by Crippen LogP contribution is 2.30. The molecular formula is C28H21ClN4O. The summed E-state index contributed by atoms with van der Waals surface area (Å²) in [6, 6.07) is 27.0. The zero-order valence-corrected chi connectivity index (χ0v) is 19.2. The van der Waals surface area contributed by atoms with Gasteiger partial charge >= 0.3 is 0 Å². The number of fused-ring (bicyclic) bond motifs is 1. The molecule has 0 aliphatic carbocycles. The van der Waals surface area contributed by atoms with Crippen LogP contribution in [0.2, 0.25) is 5.15 Å². The third kappa shape index (κ3) is 4.34. The second-order valence-electron chi connectivity index (χ2n) is 7.83. The number of carbonyl (C=O) groups excluding carboxylic acids is 1. The van der Waals surface area contributed by atoms with Crippen molar-refractivity contribution in [2.75, 3.05) is 5.32 Å². The summed E-state index contributed by atoms with van der Waals surface area (Å²) in [6.07, 6.45) is 5.46. The van der Waals surface area contributed by atoms with Gasteiger partial charge in [-0.05, 0) is 29.8 Å². The lowest BCUT2D eigenvalue weighted by Gasteiger charge is -2.09. The number of pyridine rings is 1. The Kier molecular flexibility index (Phi) is 5.93. The van der Waals surface area contributed by atoms with Crippen molar-refractivity contribution in [3.05, 3.63) is 113 Å². The summed E-state index contributed by atoms with van der Waals surface area (Å²) < 4.78 is 1.65. The van der Waals surface area contributed by atoms with E-state index < -0.39 is 0 Å². The fraction of sp³-hybridized carbons (Fsp3) is 0.0357. The zero-order valence-electron chi connectivity index (χ0n) is 18.4. The Hall–Kier alpha value is -4.22. The van der Waals surface area contributed by atoms with Gasteiger partial charge in [-0.1, -0.05) is 84.4 Å². The second kappa shape index (κ2) is 9.33. The molecule has 0 saturated carbocycles. The highest BCUT2D eigenvalue weighted by molar-refractivity contribution is 6.31. The van der Waals surface area contributed by atoms with Crippen LogP contribution in [0.1, 0.15) is 21.5 Å². The minimum absolute atomic E-state index is 0.210. The molecule has 0 bridgehead atoms. The molecule has 0 saturated heterocycles. The molecule has 0 aliphatic rings. The second-order valence-corrected chi connectivity index (χ2v) is 8.19. The average molecular weight is 465 g/mol. The average Bonchev–Trinajstić information content (AvgIpc) is 3.16. The Morgan fingerprint density at radius 3 is 2.53 bits per heavy atom. The first-order valence-electron chi connectivity index (χ1n) is 10.8. The maximum atomic E-state index is 13.1. The Morgan fingerprint density at radius 1 is 0.941 bits per heavy atom. The maximum absolute atomic E-state index is 13.1. The molecule has 6 heteroatoms. The van der Waals surface area contributed by atoms with Crippen LogP contribution >= 0.6 is 11.6 Å². The van der Waals surface area contributed by atoms with E-state index in [-0.39, 0.29) is 5.91 Å². The predicted molar refractivity (Wildman–Crippen MR) is 139 cm³/mol. The van der Waals surface area contributed by atoms with Crippen molar-refractivity contribution in [3.63, 3.8) is 0 Å². The van der Waals surface area contributed by atoms with Crippen molar-refractivity contribution in [3.8, 4) is 11.3 Å². The third-order valence-corrected chi connectivity index (χ3v) is 5.99. The fourth-order valence-corrected chi connectivity index (χ4v) is 4.03. The summed E-state index contributed by atoms with van der Waals surface area (Å²) in [6.45, 7) is 0. The molecular weight excluding hydrogens is 444 g/mol. The first-order valence-corrected chi connectivity index (χ1v) is 11.2. The normalized spacial score (nSPS) is 11.2. The summed E-state index contributed by atoms with van der Waals surface area (Å²) in [7, 11) is 1.81. The van der Waals surface area contributed by atoms with Crippen LogP contribution in [0.15, 0.2) is 91.1 Å². The lowest BCUT2D eigenvalue weighted by atomic mass is 10.0. The molecule has 2 aromatic heterocycles. The number of amides is 1. The topological polar surface area (TPSA) is 59.8 Å². The lowest BCUT2D eigenvalue weighted by molar-refractivity contribution is 0.102. The molecule has 0 spiro atoms. The van der Waals surface area contributed by atoms with Gasteiger partial charge in [-0.25, -0.2) is 0 Å². The van der Waals surface area contributed by atoms with Crippen LogP contribution in [0.25, 0.3) is 34.3 Å². The van der Waals surface area contributed by atoms with Crippen LogP contribution in [0.4, 0.5) is 5.69 Å². The van der Waals surface area contributed by atoms with Gasteiger partial charge in [0.05, 0.1) is 17.4 Å². The molecule has 0 atom stereocenters. The first kappa shape index (κ1) is 21.6. The van der Waals surface area contributed by atoms with Crippen molar-refractivity contribution in [1.29, 1.82) is 0 Å². The molecule has 0 radical (unpaired) electrons. The fourth-order valence-electron chi connectivity index (χ4n) is 3.84. The van der Waals surface area contributed by atoms with E-state index in [1.54, 1.807) is 16.9 Å². The van der Waals surface area contributed by atoms with Crippen LogP contribution in [-0.4, -0.2) is 20.7 Å². The molecule has 166 valence electrons. The van der Waals surface area contributed by atoms with Crippen LogP contribution in [0, 0.1) is 0 Å². The van der Waals surface area contributed by atoms with Crippen molar-refractivity contribution in [2.24, 2.45) is 7.05 Å². The Bertz CT molecular complexity index is 1520. The SMILES string of the molecule is Cn1nc(-c2ccccc2)c(C=Cc2ccccc2C(=O)Nc2cnc3ccccc3c2)c1Cl. The smallest absolute Gasteiger partial charge is 0.256 e. The molecule has 5 aromatic rings. The van der Waals surface area contributed by atoms with Crippen molar-refractivity contribution in [2.45, 2.75) is 0 Å². The number of para-hydroxylation sites is 1. The number of halogens is 1. The van der Waals surface area contributed by atoms with Crippen LogP contribution < -0.4 is 5.32 Å². The number of benzene rings is 3. The molecule has 1 N–H and O–H groups in total. The summed E-state index contributed by atoms with van der Waals surface area (Å²) >= 11 is 6.55. The van der Waals surface area contributed by atoms with Gasteiger partial charge in [0.15, 0.2) is 0 Å². The van der Waals surface area contributed by atoms with E-state index in [4.69, 9.17) is 11.6 Å². The molecule has 1 amide bonds. The standard InChI is InChI=1S/C28H21ClN4O/c1-33-27(29)24(26(32-33)20-10-3-2-4-11-20)16-15-19-9-5-7-13-23(19)28(34)31-22-17-21-12-6-8-14-25(21)30-18-22/h2-18H,1H3,(H,31,34). The molecule has 0 unspecified atom stereocenters. The van der Waals surface area contributed by atoms with E-state index in [0.29, 0.717) is 16.4 Å². The number of aromatic nitrogens is 3. The monoisotopic (exact) mass is 464 g/mol. The summed E-state index contributed by atoms with van der Waals surface area (Å²) in [4.78, 5) is 17.6. The molecule has 0 fully saturated rings. The van der Waals surface area contributed by atoms with Crippen molar-refractivity contribution < 1.29 is 4.79 Å². The van der Waals surface area contributed by atoms with Crippen LogP contribution in [0.5, 0.6) is 0 Å². The third-order valence-electron chi connectivity index (χ3n) is 5.54. The number of anilines is 1. The summed E-state index contributed by atoms with van der Waals surface area (Å²) in [5.41, 5.74) is 5.40. The highest BCUT2D eigenvalue weighted by Gasteiger charge is 2.15. The molecule has 2 heterocycles. The van der Waals surface area contributed by atoms with Gasteiger partial charge in [0.25, 0.3) is 5.91 Å². The largest absolute Gasteiger partial charge is 0.321 e. The van der Waals surface area contributed by atoms with E-state index in [2.05, 4.69) is 15.4 Å². The van der Waals surface area contributed by atoms with Crippen molar-refractivity contribution in [1.82, 2.24) is 14.8 Å². The van der Waals surface area contributed by atoms with E-state index in [0.717, 1.165) is 33.3 Å². The quantitative estimate of drug-likeness (QED) is 0.314. The van der Waals surface area contributed by atoms with E-state index in [1.807, 2.05) is 98.1 Å².